The number of rotatable bonds is 4. The summed E-state index contributed by atoms with van der Waals surface area (Å²) < 4.78 is 4.83. The van der Waals surface area contributed by atoms with Crippen molar-refractivity contribution in [3.8, 4) is 0 Å². The first-order chi connectivity index (χ1) is 4.75. The number of carboxylic acid groups (broad SMARTS) is 1. The highest BCUT2D eigenvalue weighted by Crippen LogP contribution is 2.41. The summed E-state index contributed by atoms with van der Waals surface area (Å²) in [4.78, 5) is 10.3. The Balaban J connectivity index is 2.08. The maximum atomic E-state index is 10.3. The van der Waals surface area contributed by atoms with E-state index in [4.69, 9.17) is 9.84 Å². The van der Waals surface area contributed by atoms with Gasteiger partial charge in [-0.05, 0) is 18.8 Å². The van der Waals surface area contributed by atoms with Crippen molar-refractivity contribution >= 4 is 5.97 Å². The molecule has 0 heterocycles. The number of hydrogen-bond acceptors (Lipinski definition) is 2. The van der Waals surface area contributed by atoms with Crippen molar-refractivity contribution in [2.24, 2.45) is 11.8 Å². The van der Waals surface area contributed by atoms with E-state index < -0.39 is 5.97 Å². The number of carboxylic acids is 1. The van der Waals surface area contributed by atoms with Crippen LogP contribution in [0.15, 0.2) is 0 Å². The molecule has 0 aliphatic heterocycles. The van der Waals surface area contributed by atoms with Crippen LogP contribution >= 0.6 is 0 Å². The zero-order chi connectivity index (χ0) is 7.56. The average molecular weight is 144 g/mol. The molecule has 0 saturated heterocycles. The lowest BCUT2D eigenvalue weighted by atomic mass is 10.2. The molecular weight excluding hydrogens is 132 g/mol. The molecular formula is C7H12O3. The molecule has 1 aliphatic rings. The molecule has 0 aromatic carbocycles. The third-order valence-corrected chi connectivity index (χ3v) is 1.93. The van der Waals surface area contributed by atoms with Crippen molar-refractivity contribution < 1.29 is 14.6 Å². The van der Waals surface area contributed by atoms with Crippen molar-refractivity contribution in [1.82, 2.24) is 0 Å². The summed E-state index contributed by atoms with van der Waals surface area (Å²) in [5.74, 6) is -0.339. The van der Waals surface area contributed by atoms with Crippen LogP contribution in [0.4, 0.5) is 0 Å². The maximum Gasteiger partial charge on any atom is 0.306 e. The Morgan fingerprint density at radius 1 is 1.80 bits per heavy atom. The quantitative estimate of drug-likeness (QED) is 0.633. The Morgan fingerprint density at radius 3 is 2.90 bits per heavy atom. The summed E-state index contributed by atoms with van der Waals surface area (Å²) in [6, 6.07) is 0. The van der Waals surface area contributed by atoms with Gasteiger partial charge in [0, 0.05) is 13.7 Å². The monoisotopic (exact) mass is 144 g/mol. The summed E-state index contributed by atoms with van der Waals surface area (Å²) in [5, 5.41) is 8.48. The van der Waals surface area contributed by atoms with E-state index in [1.807, 2.05) is 0 Å². The van der Waals surface area contributed by atoms with Crippen molar-refractivity contribution in [3.05, 3.63) is 0 Å². The van der Waals surface area contributed by atoms with E-state index in [-0.39, 0.29) is 5.92 Å². The lowest BCUT2D eigenvalue weighted by Gasteiger charge is -1.94. The maximum absolute atomic E-state index is 10.3. The van der Waals surface area contributed by atoms with Crippen LogP contribution in [-0.4, -0.2) is 24.8 Å². The van der Waals surface area contributed by atoms with Crippen LogP contribution in [0.25, 0.3) is 0 Å². The largest absolute Gasteiger partial charge is 0.481 e. The van der Waals surface area contributed by atoms with E-state index in [1.54, 1.807) is 7.11 Å². The normalized spacial score (nSPS) is 30.1. The summed E-state index contributed by atoms with van der Waals surface area (Å²) in [5.41, 5.74) is 0. The molecule has 1 saturated carbocycles. The second-order valence-corrected chi connectivity index (χ2v) is 2.72. The van der Waals surface area contributed by atoms with Crippen LogP contribution in [0.5, 0.6) is 0 Å². The first kappa shape index (κ1) is 7.54. The number of carbonyl (C=O) groups is 1. The summed E-state index contributed by atoms with van der Waals surface area (Å²) in [7, 11) is 1.64. The molecule has 3 nitrogen and oxygen atoms in total. The zero-order valence-electron chi connectivity index (χ0n) is 6.04. The Bertz CT molecular complexity index is 133. The molecule has 10 heavy (non-hydrogen) atoms. The molecule has 58 valence electrons. The molecule has 2 unspecified atom stereocenters. The zero-order valence-corrected chi connectivity index (χ0v) is 6.04. The van der Waals surface area contributed by atoms with E-state index in [0.29, 0.717) is 12.5 Å². The minimum absolute atomic E-state index is 0.0739. The fraction of sp³-hybridized carbons (Fsp3) is 0.857. The van der Waals surface area contributed by atoms with Crippen molar-refractivity contribution in [3.63, 3.8) is 0 Å². The molecule has 0 spiro atoms. The fourth-order valence-electron chi connectivity index (χ4n) is 1.14. The van der Waals surface area contributed by atoms with Crippen LogP contribution in [-0.2, 0) is 9.53 Å². The lowest BCUT2D eigenvalue weighted by molar-refractivity contribution is -0.138. The average Bonchev–Trinajstić information content (AvgIpc) is 2.62. The molecule has 1 N–H and O–H groups in total. The van der Waals surface area contributed by atoms with Gasteiger partial charge in [0.05, 0.1) is 5.92 Å². The van der Waals surface area contributed by atoms with Gasteiger partial charge < -0.3 is 9.84 Å². The smallest absolute Gasteiger partial charge is 0.306 e. The standard InChI is InChI=1S/C7H12O3/c1-10-3-2-5-4-6(5)7(8)9/h5-6H,2-4H2,1H3,(H,8,9). The summed E-state index contributed by atoms with van der Waals surface area (Å²) in [6.45, 7) is 0.689. The third-order valence-electron chi connectivity index (χ3n) is 1.93. The van der Waals surface area contributed by atoms with Gasteiger partial charge in [0.25, 0.3) is 0 Å². The van der Waals surface area contributed by atoms with Gasteiger partial charge in [-0.2, -0.15) is 0 Å². The Hall–Kier alpha value is -0.570. The topological polar surface area (TPSA) is 46.5 Å². The minimum atomic E-state index is -0.652. The van der Waals surface area contributed by atoms with Crippen molar-refractivity contribution in [1.29, 1.82) is 0 Å². The Kier molecular flexibility index (Phi) is 2.27. The van der Waals surface area contributed by atoms with Gasteiger partial charge in [0.2, 0.25) is 0 Å². The predicted octanol–water partition coefficient (Wildman–Crippen LogP) is 0.744. The van der Waals surface area contributed by atoms with Gasteiger partial charge in [0.15, 0.2) is 0 Å². The fourth-order valence-corrected chi connectivity index (χ4v) is 1.14. The van der Waals surface area contributed by atoms with Gasteiger partial charge in [-0.15, -0.1) is 0 Å². The van der Waals surface area contributed by atoms with Gasteiger partial charge in [-0.25, -0.2) is 0 Å². The van der Waals surface area contributed by atoms with Gasteiger partial charge in [0.1, 0.15) is 0 Å². The number of ether oxygens (including phenoxy) is 1. The van der Waals surface area contributed by atoms with E-state index in [0.717, 1.165) is 12.8 Å². The minimum Gasteiger partial charge on any atom is -0.481 e. The molecule has 3 heteroatoms. The molecule has 0 bridgehead atoms. The number of aliphatic carboxylic acids is 1. The molecule has 1 aliphatic carbocycles. The van der Waals surface area contributed by atoms with Gasteiger partial charge >= 0.3 is 5.97 Å². The Labute approximate surface area is 60.0 Å². The van der Waals surface area contributed by atoms with Crippen molar-refractivity contribution in [2.45, 2.75) is 12.8 Å². The van der Waals surface area contributed by atoms with Crippen LogP contribution in [0, 0.1) is 11.8 Å². The van der Waals surface area contributed by atoms with Crippen LogP contribution in [0.2, 0.25) is 0 Å². The predicted molar refractivity (Wildman–Crippen MR) is 35.7 cm³/mol. The SMILES string of the molecule is COCCC1CC1C(=O)O. The summed E-state index contributed by atoms with van der Waals surface area (Å²) >= 11 is 0. The number of hydrogen-bond donors (Lipinski definition) is 1. The molecule has 0 aromatic rings. The Morgan fingerprint density at radius 2 is 2.50 bits per heavy atom. The lowest BCUT2D eigenvalue weighted by Crippen LogP contribution is -2.00. The van der Waals surface area contributed by atoms with Crippen LogP contribution in [0.3, 0.4) is 0 Å². The third kappa shape index (κ3) is 1.70. The molecule has 0 aromatic heterocycles. The molecule has 0 amide bonds. The molecule has 2 atom stereocenters. The highest BCUT2D eigenvalue weighted by Gasteiger charge is 2.42. The second kappa shape index (κ2) is 3.01. The molecule has 1 rings (SSSR count). The molecule has 1 fully saturated rings. The van der Waals surface area contributed by atoms with Crippen LogP contribution in [0.1, 0.15) is 12.8 Å². The number of methoxy groups -OCH3 is 1. The summed E-state index contributed by atoms with van der Waals surface area (Å²) in [6.07, 6.45) is 1.74. The van der Waals surface area contributed by atoms with Gasteiger partial charge in [-0.3, -0.25) is 4.79 Å². The van der Waals surface area contributed by atoms with Crippen LogP contribution < -0.4 is 0 Å². The van der Waals surface area contributed by atoms with Crippen molar-refractivity contribution in [2.75, 3.05) is 13.7 Å². The first-order valence-electron chi connectivity index (χ1n) is 3.47. The van der Waals surface area contributed by atoms with E-state index in [9.17, 15) is 4.79 Å². The van der Waals surface area contributed by atoms with E-state index >= 15 is 0 Å². The van der Waals surface area contributed by atoms with E-state index in [2.05, 4.69) is 0 Å². The highest BCUT2D eigenvalue weighted by atomic mass is 16.5. The highest BCUT2D eigenvalue weighted by molar-refractivity contribution is 5.73. The van der Waals surface area contributed by atoms with E-state index in [1.165, 1.54) is 0 Å². The van der Waals surface area contributed by atoms with Gasteiger partial charge in [-0.1, -0.05) is 0 Å². The molecule has 0 radical (unpaired) electrons. The second-order valence-electron chi connectivity index (χ2n) is 2.72. The first-order valence-corrected chi connectivity index (χ1v) is 3.47.